The van der Waals surface area contributed by atoms with Crippen LogP contribution in [0.25, 0.3) is 0 Å². The average molecular weight is 294 g/mol. The number of rotatable bonds is 3. The lowest BCUT2D eigenvalue weighted by molar-refractivity contribution is 0.657. The van der Waals surface area contributed by atoms with Gasteiger partial charge in [0.1, 0.15) is 5.15 Å². The molecule has 0 aromatic carbocycles. The third kappa shape index (κ3) is 2.67. The van der Waals surface area contributed by atoms with E-state index >= 15 is 0 Å². The molecule has 2 heterocycles. The fraction of sp³-hybridized carbons (Fsp3) is 0.357. The van der Waals surface area contributed by atoms with Gasteiger partial charge in [0.25, 0.3) is 5.56 Å². The van der Waals surface area contributed by atoms with Gasteiger partial charge in [-0.15, -0.1) is 0 Å². The minimum atomic E-state index is -0.519. The minimum Gasteiger partial charge on any atom is -0.297 e. The molecular weight excluding hydrogens is 278 g/mol. The van der Waals surface area contributed by atoms with Crippen LogP contribution in [0.1, 0.15) is 36.6 Å². The second-order valence-electron chi connectivity index (χ2n) is 4.97. The maximum atomic E-state index is 12.4. The Hall–Kier alpha value is -1.88. The Balaban J connectivity index is 2.59. The fourth-order valence-corrected chi connectivity index (χ4v) is 2.42. The molecule has 0 saturated carbocycles. The van der Waals surface area contributed by atoms with Crippen molar-refractivity contribution in [2.45, 2.75) is 33.2 Å². The zero-order valence-corrected chi connectivity index (χ0v) is 12.4. The van der Waals surface area contributed by atoms with Crippen LogP contribution in [0.4, 0.5) is 0 Å². The second kappa shape index (κ2) is 5.63. The Bertz CT molecular complexity index is 747. The number of aryl methyl sites for hydroxylation is 1. The molecule has 1 N–H and O–H groups in total. The molecule has 0 unspecified atom stereocenters. The number of hydrogen-bond acceptors (Lipinski definition) is 3. The van der Waals surface area contributed by atoms with Crippen molar-refractivity contribution in [1.29, 1.82) is 0 Å². The molecule has 0 bridgehead atoms. The lowest BCUT2D eigenvalue weighted by atomic mass is 10.1. The van der Waals surface area contributed by atoms with Crippen molar-refractivity contribution in [3.05, 3.63) is 61.1 Å². The SMILES string of the molecule is Cc1cccnc1Cn1c(=O)[nH]c(Cl)c(C(C)C)c1=O. The molecule has 2 rings (SSSR count). The highest BCUT2D eigenvalue weighted by atomic mass is 35.5. The van der Waals surface area contributed by atoms with Crippen molar-refractivity contribution < 1.29 is 0 Å². The van der Waals surface area contributed by atoms with Gasteiger partial charge in [0.15, 0.2) is 0 Å². The summed E-state index contributed by atoms with van der Waals surface area (Å²) in [6.45, 7) is 5.74. The van der Waals surface area contributed by atoms with Gasteiger partial charge in [0, 0.05) is 6.20 Å². The lowest BCUT2D eigenvalue weighted by Gasteiger charge is -2.11. The van der Waals surface area contributed by atoms with Crippen LogP contribution < -0.4 is 11.2 Å². The van der Waals surface area contributed by atoms with Gasteiger partial charge in [-0.3, -0.25) is 19.3 Å². The summed E-state index contributed by atoms with van der Waals surface area (Å²) >= 11 is 5.95. The van der Waals surface area contributed by atoms with E-state index in [2.05, 4.69) is 9.97 Å². The Morgan fingerprint density at radius 2 is 2.10 bits per heavy atom. The molecule has 0 radical (unpaired) electrons. The van der Waals surface area contributed by atoms with Gasteiger partial charge in [0.05, 0.1) is 17.8 Å². The van der Waals surface area contributed by atoms with Gasteiger partial charge in [-0.2, -0.15) is 0 Å². The number of aromatic nitrogens is 3. The monoisotopic (exact) mass is 293 g/mol. The van der Waals surface area contributed by atoms with E-state index in [1.807, 2.05) is 32.9 Å². The zero-order chi connectivity index (χ0) is 14.9. The first-order valence-electron chi connectivity index (χ1n) is 6.34. The number of H-pyrrole nitrogens is 1. The van der Waals surface area contributed by atoms with E-state index < -0.39 is 5.69 Å². The second-order valence-corrected chi connectivity index (χ2v) is 5.35. The summed E-state index contributed by atoms with van der Waals surface area (Å²) in [7, 11) is 0. The average Bonchev–Trinajstić information content (AvgIpc) is 2.35. The summed E-state index contributed by atoms with van der Waals surface area (Å²) in [5.74, 6) is -0.0667. The largest absolute Gasteiger partial charge is 0.329 e. The number of hydrogen-bond donors (Lipinski definition) is 1. The molecule has 0 spiro atoms. The van der Waals surface area contributed by atoms with Gasteiger partial charge >= 0.3 is 5.69 Å². The molecule has 20 heavy (non-hydrogen) atoms. The molecule has 0 amide bonds. The van der Waals surface area contributed by atoms with Gasteiger partial charge < -0.3 is 0 Å². The van der Waals surface area contributed by atoms with E-state index in [0.717, 1.165) is 10.1 Å². The maximum Gasteiger partial charge on any atom is 0.329 e. The number of pyridine rings is 1. The summed E-state index contributed by atoms with van der Waals surface area (Å²) in [4.78, 5) is 31.1. The van der Waals surface area contributed by atoms with Crippen LogP contribution >= 0.6 is 11.6 Å². The number of halogens is 1. The van der Waals surface area contributed by atoms with Crippen LogP contribution in [0.15, 0.2) is 27.9 Å². The molecule has 0 aliphatic heterocycles. The predicted molar refractivity (Wildman–Crippen MR) is 78.5 cm³/mol. The standard InChI is InChI=1S/C14H16ClN3O2/c1-8(2)11-12(15)17-14(20)18(13(11)19)7-10-9(3)5-4-6-16-10/h4-6,8H,7H2,1-3H3,(H,17,20). The third-order valence-corrected chi connectivity index (χ3v) is 3.48. The van der Waals surface area contributed by atoms with Gasteiger partial charge in [-0.1, -0.05) is 31.5 Å². The smallest absolute Gasteiger partial charge is 0.297 e. The first-order chi connectivity index (χ1) is 9.41. The first-order valence-corrected chi connectivity index (χ1v) is 6.72. The summed E-state index contributed by atoms with van der Waals surface area (Å²) in [6, 6.07) is 3.70. The molecule has 0 fully saturated rings. The van der Waals surface area contributed by atoms with E-state index in [-0.39, 0.29) is 23.2 Å². The van der Waals surface area contributed by atoms with Crippen molar-refractivity contribution in [2.75, 3.05) is 0 Å². The molecule has 5 nitrogen and oxygen atoms in total. The molecule has 0 aliphatic carbocycles. The summed E-state index contributed by atoms with van der Waals surface area (Å²) in [5.41, 5.74) is 1.16. The van der Waals surface area contributed by atoms with E-state index in [1.54, 1.807) is 6.20 Å². The maximum absolute atomic E-state index is 12.4. The van der Waals surface area contributed by atoms with Crippen molar-refractivity contribution in [3.8, 4) is 0 Å². The Kier molecular flexibility index (Phi) is 4.09. The fourth-order valence-electron chi connectivity index (χ4n) is 2.04. The Morgan fingerprint density at radius 3 is 2.70 bits per heavy atom. The molecule has 2 aromatic heterocycles. The summed E-state index contributed by atoms with van der Waals surface area (Å²) in [6.07, 6.45) is 1.64. The van der Waals surface area contributed by atoms with Crippen LogP contribution in [0.5, 0.6) is 0 Å². The normalized spacial score (nSPS) is 11.1. The highest BCUT2D eigenvalue weighted by Crippen LogP contribution is 2.16. The number of aromatic amines is 1. The third-order valence-electron chi connectivity index (χ3n) is 3.18. The molecule has 6 heteroatoms. The molecule has 0 saturated heterocycles. The predicted octanol–water partition coefficient (Wildman–Crippen LogP) is 2.07. The van der Waals surface area contributed by atoms with Gasteiger partial charge in [0.2, 0.25) is 0 Å². The lowest BCUT2D eigenvalue weighted by Crippen LogP contribution is -2.38. The van der Waals surface area contributed by atoms with E-state index in [4.69, 9.17) is 11.6 Å². The molecule has 2 aromatic rings. The van der Waals surface area contributed by atoms with Crippen LogP contribution in [0.2, 0.25) is 5.15 Å². The number of nitrogens with one attached hydrogen (secondary N) is 1. The Labute approximate surface area is 121 Å². The minimum absolute atomic E-state index is 0.0667. The molecular formula is C14H16ClN3O2. The van der Waals surface area contributed by atoms with E-state index in [0.29, 0.717) is 11.3 Å². The van der Waals surface area contributed by atoms with Crippen LogP contribution in [-0.2, 0) is 6.54 Å². The highest BCUT2D eigenvalue weighted by molar-refractivity contribution is 6.30. The summed E-state index contributed by atoms with van der Waals surface area (Å²) in [5, 5.41) is 0.115. The number of nitrogens with zero attached hydrogens (tertiary/aromatic N) is 2. The van der Waals surface area contributed by atoms with Crippen molar-refractivity contribution in [1.82, 2.24) is 14.5 Å². The van der Waals surface area contributed by atoms with Crippen LogP contribution in [0.3, 0.4) is 0 Å². The van der Waals surface area contributed by atoms with Gasteiger partial charge in [-0.25, -0.2) is 4.79 Å². The first kappa shape index (κ1) is 14.5. The molecule has 0 atom stereocenters. The zero-order valence-electron chi connectivity index (χ0n) is 11.6. The Morgan fingerprint density at radius 1 is 1.40 bits per heavy atom. The molecule has 0 aliphatic rings. The van der Waals surface area contributed by atoms with E-state index in [1.165, 1.54) is 0 Å². The van der Waals surface area contributed by atoms with Gasteiger partial charge in [-0.05, 0) is 24.5 Å². The van der Waals surface area contributed by atoms with Crippen molar-refractivity contribution >= 4 is 11.6 Å². The summed E-state index contributed by atoms with van der Waals surface area (Å²) < 4.78 is 1.14. The molecule has 106 valence electrons. The van der Waals surface area contributed by atoms with E-state index in [9.17, 15) is 9.59 Å². The van der Waals surface area contributed by atoms with Crippen LogP contribution in [0, 0.1) is 6.92 Å². The van der Waals surface area contributed by atoms with Crippen molar-refractivity contribution in [2.24, 2.45) is 0 Å². The van der Waals surface area contributed by atoms with Crippen molar-refractivity contribution in [3.63, 3.8) is 0 Å². The highest BCUT2D eigenvalue weighted by Gasteiger charge is 2.16. The quantitative estimate of drug-likeness (QED) is 0.881. The van der Waals surface area contributed by atoms with Crippen LogP contribution in [-0.4, -0.2) is 14.5 Å². The topological polar surface area (TPSA) is 67.8 Å².